The van der Waals surface area contributed by atoms with E-state index < -0.39 is 0 Å². The molecular formula is C12H19N3O2S. The van der Waals surface area contributed by atoms with Crippen molar-refractivity contribution in [3.05, 3.63) is 16.1 Å². The van der Waals surface area contributed by atoms with Crippen molar-refractivity contribution in [3.63, 3.8) is 0 Å². The second-order valence-electron chi connectivity index (χ2n) is 4.52. The minimum Gasteiger partial charge on any atom is -0.375 e. The Labute approximate surface area is 111 Å². The van der Waals surface area contributed by atoms with Gasteiger partial charge in [-0.05, 0) is 13.8 Å². The van der Waals surface area contributed by atoms with Gasteiger partial charge in [0.2, 0.25) is 5.91 Å². The molecule has 0 bridgehead atoms. The van der Waals surface area contributed by atoms with Crippen molar-refractivity contribution in [2.75, 3.05) is 19.7 Å². The standard InChI is InChI=1S/C12H19N3O2S/c1-8-7-18-12(14-8)9(2)15-11(16)5-10-6-13-3-4-17-10/h7,9-10,13H,3-6H2,1-2H3,(H,15,16). The van der Waals surface area contributed by atoms with Crippen molar-refractivity contribution >= 4 is 17.2 Å². The average Bonchev–Trinajstić information content (AvgIpc) is 2.77. The molecule has 2 atom stereocenters. The van der Waals surface area contributed by atoms with Crippen molar-refractivity contribution in [2.24, 2.45) is 0 Å². The maximum atomic E-state index is 11.9. The topological polar surface area (TPSA) is 63.2 Å². The number of aromatic nitrogens is 1. The summed E-state index contributed by atoms with van der Waals surface area (Å²) in [5.74, 6) is 0.0176. The molecule has 0 spiro atoms. The number of rotatable bonds is 4. The van der Waals surface area contributed by atoms with Gasteiger partial charge < -0.3 is 15.4 Å². The van der Waals surface area contributed by atoms with Gasteiger partial charge >= 0.3 is 0 Å². The second-order valence-corrected chi connectivity index (χ2v) is 5.41. The fourth-order valence-electron chi connectivity index (χ4n) is 1.89. The minimum atomic E-state index is -0.0345. The lowest BCUT2D eigenvalue weighted by atomic mass is 10.2. The summed E-state index contributed by atoms with van der Waals surface area (Å²) in [6.45, 7) is 6.20. The van der Waals surface area contributed by atoms with Crippen molar-refractivity contribution in [3.8, 4) is 0 Å². The normalized spacial score (nSPS) is 21.6. The highest BCUT2D eigenvalue weighted by atomic mass is 32.1. The second kappa shape index (κ2) is 6.26. The van der Waals surface area contributed by atoms with Gasteiger partial charge in [-0.2, -0.15) is 0 Å². The predicted molar refractivity (Wildman–Crippen MR) is 70.6 cm³/mol. The SMILES string of the molecule is Cc1csc(C(C)NC(=O)CC2CNCCO2)n1. The van der Waals surface area contributed by atoms with Crippen LogP contribution in [-0.4, -0.2) is 36.7 Å². The Kier molecular flexibility index (Phi) is 4.68. The van der Waals surface area contributed by atoms with Gasteiger partial charge in [0, 0.05) is 24.2 Å². The van der Waals surface area contributed by atoms with Crippen LogP contribution in [0.3, 0.4) is 0 Å². The minimum absolute atomic E-state index is 0.0102. The molecule has 0 aliphatic carbocycles. The Morgan fingerprint density at radius 2 is 2.61 bits per heavy atom. The number of carbonyl (C=O) groups is 1. The number of thiazole rings is 1. The molecule has 2 rings (SSSR count). The van der Waals surface area contributed by atoms with E-state index in [9.17, 15) is 4.79 Å². The Morgan fingerprint density at radius 3 is 3.22 bits per heavy atom. The third-order valence-electron chi connectivity index (χ3n) is 2.80. The fraction of sp³-hybridized carbons (Fsp3) is 0.667. The van der Waals surface area contributed by atoms with E-state index in [0.29, 0.717) is 13.0 Å². The van der Waals surface area contributed by atoms with Gasteiger partial charge in [-0.1, -0.05) is 0 Å². The Hall–Kier alpha value is -0.980. The van der Waals surface area contributed by atoms with E-state index in [1.165, 1.54) is 0 Å². The smallest absolute Gasteiger partial charge is 0.223 e. The van der Waals surface area contributed by atoms with E-state index in [0.717, 1.165) is 23.8 Å². The molecule has 1 aromatic heterocycles. The fourth-order valence-corrected chi connectivity index (χ4v) is 2.69. The van der Waals surface area contributed by atoms with Crippen LogP contribution >= 0.6 is 11.3 Å². The van der Waals surface area contributed by atoms with Gasteiger partial charge in [0.15, 0.2) is 0 Å². The predicted octanol–water partition coefficient (Wildman–Crippen LogP) is 1.01. The van der Waals surface area contributed by atoms with Crippen LogP contribution in [0.25, 0.3) is 0 Å². The average molecular weight is 269 g/mol. The van der Waals surface area contributed by atoms with Crippen LogP contribution in [0, 0.1) is 6.92 Å². The molecule has 0 saturated carbocycles. The number of amides is 1. The van der Waals surface area contributed by atoms with Crippen molar-refractivity contribution < 1.29 is 9.53 Å². The highest BCUT2D eigenvalue weighted by Crippen LogP contribution is 2.17. The molecule has 1 amide bonds. The summed E-state index contributed by atoms with van der Waals surface area (Å²) in [4.78, 5) is 16.2. The molecular weight excluding hydrogens is 250 g/mol. The largest absolute Gasteiger partial charge is 0.375 e. The summed E-state index contributed by atoms with van der Waals surface area (Å²) in [5.41, 5.74) is 0.996. The molecule has 18 heavy (non-hydrogen) atoms. The first kappa shape index (κ1) is 13.5. The maximum absolute atomic E-state index is 11.9. The Balaban J connectivity index is 1.79. The molecule has 1 aliphatic heterocycles. The van der Waals surface area contributed by atoms with Crippen molar-refractivity contribution in [1.82, 2.24) is 15.6 Å². The van der Waals surface area contributed by atoms with Crippen LogP contribution in [-0.2, 0) is 9.53 Å². The molecule has 0 radical (unpaired) electrons. The number of hydrogen-bond donors (Lipinski definition) is 2. The van der Waals surface area contributed by atoms with Gasteiger partial charge in [-0.15, -0.1) is 11.3 Å². The summed E-state index contributed by atoms with van der Waals surface area (Å²) in [5, 5.41) is 9.11. The van der Waals surface area contributed by atoms with Gasteiger partial charge in [-0.3, -0.25) is 4.79 Å². The Morgan fingerprint density at radius 1 is 1.78 bits per heavy atom. The molecule has 2 N–H and O–H groups in total. The zero-order valence-electron chi connectivity index (χ0n) is 10.7. The highest BCUT2D eigenvalue weighted by molar-refractivity contribution is 7.09. The number of hydrogen-bond acceptors (Lipinski definition) is 5. The first-order valence-corrected chi connectivity index (χ1v) is 7.07. The van der Waals surface area contributed by atoms with Crippen LogP contribution in [0.5, 0.6) is 0 Å². The summed E-state index contributed by atoms with van der Waals surface area (Å²) in [7, 11) is 0. The summed E-state index contributed by atoms with van der Waals surface area (Å²) < 4.78 is 5.50. The number of ether oxygens (including phenoxy) is 1. The van der Waals surface area contributed by atoms with E-state index in [4.69, 9.17) is 4.74 Å². The van der Waals surface area contributed by atoms with Crippen LogP contribution in [0.2, 0.25) is 0 Å². The van der Waals surface area contributed by atoms with Crippen molar-refractivity contribution in [2.45, 2.75) is 32.4 Å². The summed E-state index contributed by atoms with van der Waals surface area (Å²) in [6, 6.07) is -0.0345. The molecule has 0 aromatic carbocycles. The van der Waals surface area contributed by atoms with E-state index in [-0.39, 0.29) is 18.1 Å². The van der Waals surface area contributed by atoms with Gasteiger partial charge in [0.25, 0.3) is 0 Å². The van der Waals surface area contributed by atoms with Crippen LogP contribution in [0.15, 0.2) is 5.38 Å². The third-order valence-corrected chi connectivity index (χ3v) is 3.95. The lowest BCUT2D eigenvalue weighted by Gasteiger charge is -2.23. The first-order chi connectivity index (χ1) is 8.65. The maximum Gasteiger partial charge on any atom is 0.223 e. The third kappa shape index (κ3) is 3.76. The van der Waals surface area contributed by atoms with Crippen LogP contribution in [0.1, 0.15) is 30.1 Å². The number of aryl methyl sites for hydroxylation is 1. The zero-order valence-corrected chi connectivity index (χ0v) is 11.5. The molecule has 1 aliphatic rings. The number of nitrogens with one attached hydrogen (secondary N) is 2. The van der Waals surface area contributed by atoms with E-state index in [2.05, 4.69) is 15.6 Å². The van der Waals surface area contributed by atoms with Gasteiger partial charge in [0.05, 0.1) is 25.2 Å². The summed E-state index contributed by atoms with van der Waals surface area (Å²) >= 11 is 1.58. The zero-order chi connectivity index (χ0) is 13.0. The quantitative estimate of drug-likeness (QED) is 0.856. The first-order valence-electron chi connectivity index (χ1n) is 6.19. The Bertz CT molecular complexity index is 402. The summed E-state index contributed by atoms with van der Waals surface area (Å²) in [6.07, 6.45) is 0.394. The van der Waals surface area contributed by atoms with E-state index in [1.54, 1.807) is 11.3 Å². The number of morpholine rings is 1. The molecule has 1 fully saturated rings. The van der Waals surface area contributed by atoms with Crippen molar-refractivity contribution in [1.29, 1.82) is 0 Å². The lowest BCUT2D eigenvalue weighted by molar-refractivity contribution is -0.125. The number of nitrogens with zero attached hydrogens (tertiary/aromatic N) is 1. The molecule has 6 heteroatoms. The monoisotopic (exact) mass is 269 g/mol. The molecule has 5 nitrogen and oxygen atoms in total. The molecule has 1 saturated heterocycles. The number of carbonyl (C=O) groups excluding carboxylic acids is 1. The highest BCUT2D eigenvalue weighted by Gasteiger charge is 2.19. The van der Waals surface area contributed by atoms with Gasteiger partial charge in [0.1, 0.15) is 5.01 Å². The van der Waals surface area contributed by atoms with Gasteiger partial charge in [-0.25, -0.2) is 4.98 Å². The molecule has 2 heterocycles. The molecule has 2 unspecified atom stereocenters. The molecule has 100 valence electrons. The molecule has 1 aromatic rings. The van der Waals surface area contributed by atoms with Crippen LogP contribution in [0.4, 0.5) is 0 Å². The van der Waals surface area contributed by atoms with E-state index >= 15 is 0 Å². The van der Waals surface area contributed by atoms with Crippen LogP contribution < -0.4 is 10.6 Å². The van der Waals surface area contributed by atoms with E-state index in [1.807, 2.05) is 19.2 Å². The lowest BCUT2D eigenvalue weighted by Crippen LogP contribution is -2.41.